The molecule has 0 aliphatic carbocycles. The lowest BCUT2D eigenvalue weighted by molar-refractivity contribution is 0.127. The van der Waals surface area contributed by atoms with Crippen molar-refractivity contribution >= 4 is 5.69 Å². The lowest BCUT2D eigenvalue weighted by Crippen LogP contribution is -2.47. The number of halogens is 1. The van der Waals surface area contributed by atoms with Crippen molar-refractivity contribution in [1.29, 1.82) is 5.26 Å². The predicted octanol–water partition coefficient (Wildman–Crippen LogP) is 4.70. The molecule has 0 spiro atoms. The van der Waals surface area contributed by atoms with Crippen molar-refractivity contribution in [2.24, 2.45) is 5.92 Å². The lowest BCUT2D eigenvalue weighted by atomic mass is 9.94. The maximum atomic E-state index is 13.4. The first-order valence-corrected chi connectivity index (χ1v) is 9.97. The zero-order valence-corrected chi connectivity index (χ0v) is 15.6. The Morgan fingerprint density at radius 1 is 0.852 bits per heavy atom. The van der Waals surface area contributed by atoms with Crippen LogP contribution in [-0.4, -0.2) is 37.1 Å². The highest BCUT2D eigenvalue weighted by Gasteiger charge is 2.28. The summed E-state index contributed by atoms with van der Waals surface area (Å²) in [5.74, 6) is 0.0652. The van der Waals surface area contributed by atoms with Gasteiger partial charge in [-0.15, -0.1) is 0 Å². The van der Waals surface area contributed by atoms with Crippen molar-refractivity contribution in [3.63, 3.8) is 0 Å². The van der Waals surface area contributed by atoms with Crippen molar-refractivity contribution in [3.05, 3.63) is 54.3 Å². The van der Waals surface area contributed by atoms with E-state index in [0.717, 1.165) is 50.1 Å². The largest absolute Gasteiger partial charge is 0.371 e. The van der Waals surface area contributed by atoms with Gasteiger partial charge in [0.15, 0.2) is 0 Å². The number of benzene rings is 2. The van der Waals surface area contributed by atoms with Gasteiger partial charge >= 0.3 is 0 Å². The van der Waals surface area contributed by atoms with Crippen molar-refractivity contribution in [2.75, 3.05) is 31.1 Å². The molecule has 0 saturated carbocycles. The molecule has 2 saturated heterocycles. The SMILES string of the molecule is N#CC1CCN(C2CCN(c3ccc(-c4cccc(F)c4)cc3)CC2)CC1. The molecule has 140 valence electrons. The second-order valence-electron chi connectivity index (χ2n) is 7.71. The molecule has 4 heteroatoms. The smallest absolute Gasteiger partial charge is 0.123 e. The molecule has 2 aromatic carbocycles. The van der Waals surface area contributed by atoms with Crippen molar-refractivity contribution in [3.8, 4) is 17.2 Å². The van der Waals surface area contributed by atoms with E-state index < -0.39 is 0 Å². The Morgan fingerprint density at radius 3 is 2.19 bits per heavy atom. The Morgan fingerprint density at radius 2 is 1.56 bits per heavy atom. The quantitative estimate of drug-likeness (QED) is 0.792. The first-order chi connectivity index (χ1) is 13.2. The van der Waals surface area contributed by atoms with Gasteiger partial charge < -0.3 is 9.80 Å². The van der Waals surface area contributed by atoms with Crippen LogP contribution < -0.4 is 4.90 Å². The molecule has 0 N–H and O–H groups in total. The third kappa shape index (κ3) is 4.14. The second kappa shape index (κ2) is 8.10. The first-order valence-electron chi connectivity index (χ1n) is 9.97. The van der Waals surface area contributed by atoms with Crippen LogP contribution in [0.2, 0.25) is 0 Å². The summed E-state index contributed by atoms with van der Waals surface area (Å²) < 4.78 is 13.4. The van der Waals surface area contributed by atoms with Crippen LogP contribution in [0, 0.1) is 23.1 Å². The molecule has 2 aromatic rings. The molecule has 0 aromatic heterocycles. The summed E-state index contributed by atoms with van der Waals surface area (Å²) in [5, 5.41) is 9.06. The molecular formula is C23H26FN3. The van der Waals surface area contributed by atoms with Crippen LogP contribution in [-0.2, 0) is 0 Å². The van der Waals surface area contributed by atoms with E-state index in [2.05, 4.69) is 40.1 Å². The lowest BCUT2D eigenvalue weighted by Gasteiger charge is -2.41. The normalized spacial score (nSPS) is 19.8. The minimum Gasteiger partial charge on any atom is -0.371 e. The highest BCUT2D eigenvalue weighted by atomic mass is 19.1. The second-order valence-corrected chi connectivity index (χ2v) is 7.71. The van der Waals surface area contributed by atoms with Crippen LogP contribution in [0.4, 0.5) is 10.1 Å². The van der Waals surface area contributed by atoms with E-state index in [1.165, 1.54) is 24.6 Å². The molecule has 2 fully saturated rings. The number of anilines is 1. The molecule has 3 nitrogen and oxygen atoms in total. The van der Waals surface area contributed by atoms with Gasteiger partial charge in [0.25, 0.3) is 0 Å². The summed E-state index contributed by atoms with van der Waals surface area (Å²) >= 11 is 0. The Bertz CT molecular complexity index is 795. The van der Waals surface area contributed by atoms with E-state index in [1.807, 2.05) is 6.07 Å². The van der Waals surface area contributed by atoms with Crippen LogP contribution in [0.15, 0.2) is 48.5 Å². The van der Waals surface area contributed by atoms with Gasteiger partial charge in [0.1, 0.15) is 5.82 Å². The Hall–Kier alpha value is -2.38. The number of hydrogen-bond donors (Lipinski definition) is 0. The number of likely N-dealkylation sites (tertiary alicyclic amines) is 1. The van der Waals surface area contributed by atoms with Gasteiger partial charge in [-0.2, -0.15) is 5.26 Å². The minimum absolute atomic E-state index is 0.197. The van der Waals surface area contributed by atoms with Crippen LogP contribution >= 0.6 is 0 Å². The molecule has 2 heterocycles. The third-order valence-corrected chi connectivity index (χ3v) is 6.08. The van der Waals surface area contributed by atoms with Gasteiger partial charge in [-0.25, -0.2) is 4.39 Å². The highest BCUT2D eigenvalue weighted by molar-refractivity contribution is 5.66. The highest BCUT2D eigenvalue weighted by Crippen LogP contribution is 2.28. The summed E-state index contributed by atoms with van der Waals surface area (Å²) in [5.41, 5.74) is 3.21. The van der Waals surface area contributed by atoms with Crippen LogP contribution in [0.3, 0.4) is 0 Å². The topological polar surface area (TPSA) is 30.3 Å². The summed E-state index contributed by atoms with van der Waals surface area (Å²) in [4.78, 5) is 5.05. The predicted molar refractivity (Wildman–Crippen MR) is 107 cm³/mol. The number of hydrogen-bond acceptors (Lipinski definition) is 3. The zero-order chi connectivity index (χ0) is 18.6. The summed E-state index contributed by atoms with van der Waals surface area (Å²) in [6.07, 6.45) is 4.42. The fraction of sp³-hybridized carbons (Fsp3) is 0.435. The van der Waals surface area contributed by atoms with Gasteiger partial charge in [-0.05, 0) is 74.2 Å². The summed E-state index contributed by atoms with van der Waals surface area (Å²) in [7, 11) is 0. The third-order valence-electron chi connectivity index (χ3n) is 6.08. The number of nitriles is 1. The van der Waals surface area contributed by atoms with Crippen LogP contribution in [0.5, 0.6) is 0 Å². The van der Waals surface area contributed by atoms with E-state index in [9.17, 15) is 4.39 Å². The number of piperidine rings is 2. The monoisotopic (exact) mass is 363 g/mol. The Labute approximate surface area is 161 Å². The molecule has 0 bridgehead atoms. The Kier molecular flexibility index (Phi) is 5.40. The van der Waals surface area contributed by atoms with E-state index in [0.29, 0.717) is 6.04 Å². The van der Waals surface area contributed by atoms with Crippen LogP contribution in [0.1, 0.15) is 25.7 Å². The van der Waals surface area contributed by atoms with Gasteiger partial charge in [0, 0.05) is 30.7 Å². The van der Waals surface area contributed by atoms with E-state index >= 15 is 0 Å². The van der Waals surface area contributed by atoms with E-state index in [-0.39, 0.29) is 11.7 Å². The number of rotatable bonds is 3. The molecular weight excluding hydrogens is 337 g/mol. The van der Waals surface area contributed by atoms with E-state index in [1.54, 1.807) is 12.1 Å². The van der Waals surface area contributed by atoms with Crippen molar-refractivity contribution < 1.29 is 4.39 Å². The standard InChI is InChI=1S/C23H26FN3/c24-21-3-1-2-20(16-21)19-4-6-22(7-5-19)27-14-10-23(11-15-27)26-12-8-18(17-25)9-13-26/h1-7,16,18,23H,8-15H2. The molecule has 0 radical (unpaired) electrons. The molecule has 2 aliphatic heterocycles. The average Bonchev–Trinajstić information content (AvgIpc) is 2.74. The summed E-state index contributed by atoms with van der Waals surface area (Å²) in [6, 6.07) is 18.3. The Balaban J connectivity index is 1.34. The fourth-order valence-electron chi connectivity index (χ4n) is 4.42. The fourth-order valence-corrected chi connectivity index (χ4v) is 4.42. The first kappa shape index (κ1) is 18.0. The molecule has 2 aliphatic rings. The molecule has 0 atom stereocenters. The van der Waals surface area contributed by atoms with Crippen molar-refractivity contribution in [1.82, 2.24) is 4.90 Å². The summed E-state index contributed by atoms with van der Waals surface area (Å²) in [6.45, 7) is 4.29. The molecule has 0 unspecified atom stereocenters. The van der Waals surface area contributed by atoms with Crippen LogP contribution in [0.25, 0.3) is 11.1 Å². The van der Waals surface area contributed by atoms with E-state index in [4.69, 9.17) is 5.26 Å². The maximum Gasteiger partial charge on any atom is 0.123 e. The van der Waals surface area contributed by atoms with Gasteiger partial charge in [0.2, 0.25) is 0 Å². The molecule has 0 amide bonds. The maximum absolute atomic E-state index is 13.4. The van der Waals surface area contributed by atoms with Gasteiger partial charge in [0.05, 0.1) is 6.07 Å². The molecule has 27 heavy (non-hydrogen) atoms. The minimum atomic E-state index is -0.197. The number of nitrogens with zero attached hydrogens (tertiary/aromatic N) is 3. The van der Waals surface area contributed by atoms with Gasteiger partial charge in [-0.1, -0.05) is 24.3 Å². The van der Waals surface area contributed by atoms with Gasteiger partial charge in [-0.3, -0.25) is 0 Å². The van der Waals surface area contributed by atoms with Crippen molar-refractivity contribution in [2.45, 2.75) is 31.7 Å². The average molecular weight is 363 g/mol. The zero-order valence-electron chi connectivity index (χ0n) is 15.6. The molecule has 4 rings (SSSR count).